The Morgan fingerprint density at radius 2 is 1.70 bits per heavy atom. The molecule has 2 aromatic carbocycles. The topological polar surface area (TPSA) is 90.4 Å². The Labute approximate surface area is 220 Å². The van der Waals surface area contributed by atoms with Crippen molar-refractivity contribution in [1.29, 1.82) is 5.26 Å². The van der Waals surface area contributed by atoms with Gasteiger partial charge < -0.3 is 9.67 Å². The number of thiophene rings is 1. The highest BCUT2D eigenvalue weighted by Crippen LogP contribution is 2.38. The first-order valence-corrected chi connectivity index (χ1v) is 13.2. The number of hydrogen-bond acceptors (Lipinski definition) is 5. The van der Waals surface area contributed by atoms with E-state index < -0.39 is 11.5 Å². The summed E-state index contributed by atoms with van der Waals surface area (Å²) in [6, 6.07) is 22.1. The number of hydrogen-bond donors (Lipinski definition) is 2. The monoisotopic (exact) mass is 508 g/mol. The van der Waals surface area contributed by atoms with Crippen LogP contribution in [-0.4, -0.2) is 21.8 Å². The van der Waals surface area contributed by atoms with E-state index >= 15 is 0 Å². The number of amides is 1. The van der Waals surface area contributed by atoms with E-state index in [9.17, 15) is 15.2 Å². The molecule has 186 valence electrons. The number of nitriles is 1. The molecule has 6 nitrogen and oxygen atoms in total. The fourth-order valence-electron chi connectivity index (χ4n) is 5.08. The second-order valence-corrected chi connectivity index (χ2v) is 10.4. The minimum absolute atomic E-state index is 0.456. The SMILES string of the molecule is Cc1cc(/C=N\NC(=O)C(O)(c2ccccc2)c2ccccc2)c(C)n1-c1sc2c(c1C#N)CCCC2. The lowest BCUT2D eigenvalue weighted by molar-refractivity contribution is -0.136. The number of aliphatic hydroxyl groups is 1. The van der Waals surface area contributed by atoms with Crippen molar-refractivity contribution in [2.24, 2.45) is 5.10 Å². The van der Waals surface area contributed by atoms with E-state index in [2.05, 4.69) is 21.2 Å². The molecule has 2 aromatic heterocycles. The van der Waals surface area contributed by atoms with Crippen molar-refractivity contribution < 1.29 is 9.90 Å². The van der Waals surface area contributed by atoms with Crippen molar-refractivity contribution in [2.75, 3.05) is 0 Å². The summed E-state index contributed by atoms with van der Waals surface area (Å²) in [6.07, 6.45) is 5.86. The first-order valence-electron chi connectivity index (χ1n) is 12.4. The quantitative estimate of drug-likeness (QED) is 0.274. The molecule has 1 aliphatic rings. The molecule has 5 rings (SSSR count). The fourth-order valence-corrected chi connectivity index (χ4v) is 6.53. The molecular formula is C30H28N4O2S. The number of rotatable bonds is 6. The Morgan fingerprint density at radius 1 is 1.08 bits per heavy atom. The number of aromatic nitrogens is 1. The second-order valence-electron chi connectivity index (χ2n) is 9.31. The van der Waals surface area contributed by atoms with Crippen molar-refractivity contribution in [3.8, 4) is 11.1 Å². The zero-order valence-corrected chi connectivity index (χ0v) is 21.7. The van der Waals surface area contributed by atoms with Crippen molar-refractivity contribution in [1.82, 2.24) is 9.99 Å². The van der Waals surface area contributed by atoms with Crippen molar-refractivity contribution >= 4 is 23.5 Å². The maximum absolute atomic E-state index is 13.3. The van der Waals surface area contributed by atoms with Gasteiger partial charge in [-0.1, -0.05) is 60.7 Å². The Bertz CT molecular complexity index is 1470. The van der Waals surface area contributed by atoms with Gasteiger partial charge in [0.05, 0.1) is 11.8 Å². The lowest BCUT2D eigenvalue weighted by Gasteiger charge is -2.27. The maximum Gasteiger partial charge on any atom is 0.281 e. The van der Waals surface area contributed by atoms with Crippen molar-refractivity contribution in [2.45, 2.75) is 45.1 Å². The van der Waals surface area contributed by atoms with Crippen LogP contribution in [0, 0.1) is 25.2 Å². The van der Waals surface area contributed by atoms with E-state index in [4.69, 9.17) is 0 Å². The molecule has 0 spiro atoms. The highest BCUT2D eigenvalue weighted by molar-refractivity contribution is 7.15. The first-order chi connectivity index (χ1) is 17.9. The van der Waals surface area contributed by atoms with E-state index in [1.807, 2.05) is 32.0 Å². The van der Waals surface area contributed by atoms with Crippen molar-refractivity contribution in [3.63, 3.8) is 0 Å². The summed E-state index contributed by atoms with van der Waals surface area (Å²) < 4.78 is 2.11. The molecule has 2 N–H and O–H groups in total. The fraction of sp³-hybridized carbons (Fsp3) is 0.233. The minimum Gasteiger partial charge on any atom is -0.372 e. The third kappa shape index (κ3) is 4.39. The Kier molecular flexibility index (Phi) is 6.79. The molecule has 37 heavy (non-hydrogen) atoms. The van der Waals surface area contributed by atoms with Gasteiger partial charge in [0.15, 0.2) is 5.60 Å². The van der Waals surface area contributed by atoms with Gasteiger partial charge in [-0.05, 0) is 62.3 Å². The summed E-state index contributed by atoms with van der Waals surface area (Å²) in [5.74, 6) is -0.646. The molecule has 7 heteroatoms. The minimum atomic E-state index is -1.89. The molecule has 1 amide bonds. The first kappa shape index (κ1) is 24.7. The Morgan fingerprint density at radius 3 is 2.32 bits per heavy atom. The van der Waals surface area contributed by atoms with Crippen LogP contribution in [0.1, 0.15) is 56.9 Å². The molecule has 0 unspecified atom stereocenters. The Hall–Kier alpha value is -3.99. The molecule has 2 heterocycles. The summed E-state index contributed by atoms with van der Waals surface area (Å²) in [5.41, 5.74) is 6.30. The number of aryl methyl sites for hydroxylation is 2. The van der Waals surface area contributed by atoms with E-state index in [-0.39, 0.29) is 0 Å². The van der Waals surface area contributed by atoms with Gasteiger partial charge in [-0.2, -0.15) is 10.4 Å². The molecule has 0 saturated carbocycles. The maximum atomic E-state index is 13.3. The van der Waals surface area contributed by atoms with Crippen molar-refractivity contribution in [3.05, 3.63) is 111 Å². The van der Waals surface area contributed by atoms with Crippen LogP contribution in [0.5, 0.6) is 0 Å². The summed E-state index contributed by atoms with van der Waals surface area (Å²) in [5, 5.41) is 26.7. The summed E-state index contributed by atoms with van der Waals surface area (Å²) in [4.78, 5) is 14.6. The lowest BCUT2D eigenvalue weighted by atomic mass is 9.85. The van der Waals surface area contributed by atoms with E-state index in [1.165, 1.54) is 10.4 Å². The molecule has 0 aliphatic heterocycles. The predicted octanol–water partition coefficient (Wildman–Crippen LogP) is 5.29. The van der Waals surface area contributed by atoms with Gasteiger partial charge in [0.2, 0.25) is 0 Å². The van der Waals surface area contributed by atoms with Crippen LogP contribution in [0.25, 0.3) is 5.00 Å². The molecule has 0 radical (unpaired) electrons. The molecule has 0 atom stereocenters. The van der Waals surface area contributed by atoms with Crippen LogP contribution in [0.2, 0.25) is 0 Å². The lowest BCUT2D eigenvalue weighted by Crippen LogP contribution is -2.43. The third-order valence-electron chi connectivity index (χ3n) is 7.02. The average molecular weight is 509 g/mol. The zero-order valence-electron chi connectivity index (χ0n) is 20.9. The molecular weight excluding hydrogens is 480 g/mol. The van der Waals surface area contributed by atoms with Crippen LogP contribution in [0.3, 0.4) is 0 Å². The van der Waals surface area contributed by atoms with Gasteiger partial charge in [-0.3, -0.25) is 4.79 Å². The van der Waals surface area contributed by atoms with Gasteiger partial charge in [0.25, 0.3) is 5.91 Å². The Balaban J connectivity index is 1.44. The summed E-state index contributed by atoms with van der Waals surface area (Å²) in [6.45, 7) is 3.99. The van der Waals surface area contributed by atoms with Gasteiger partial charge in [-0.15, -0.1) is 11.3 Å². The van der Waals surface area contributed by atoms with Crippen LogP contribution in [0.15, 0.2) is 71.8 Å². The van der Waals surface area contributed by atoms with E-state index in [0.717, 1.165) is 53.2 Å². The number of hydrazone groups is 1. The molecule has 0 saturated heterocycles. The third-order valence-corrected chi connectivity index (χ3v) is 8.30. The number of carbonyl (C=O) groups is 1. The predicted molar refractivity (Wildman–Crippen MR) is 146 cm³/mol. The summed E-state index contributed by atoms with van der Waals surface area (Å²) >= 11 is 1.70. The van der Waals surface area contributed by atoms with Crippen LogP contribution >= 0.6 is 11.3 Å². The highest BCUT2D eigenvalue weighted by Gasteiger charge is 2.39. The van der Waals surface area contributed by atoms with E-state index in [0.29, 0.717) is 11.1 Å². The number of carbonyl (C=O) groups excluding carboxylic acids is 1. The normalized spacial score (nSPS) is 13.4. The smallest absolute Gasteiger partial charge is 0.281 e. The number of nitrogens with one attached hydrogen (secondary N) is 1. The number of nitrogens with zero attached hydrogens (tertiary/aromatic N) is 3. The highest BCUT2D eigenvalue weighted by atomic mass is 32.1. The van der Waals surface area contributed by atoms with Crippen LogP contribution < -0.4 is 5.43 Å². The van der Waals surface area contributed by atoms with Crippen LogP contribution in [-0.2, 0) is 23.2 Å². The standard InChI is InChI=1S/C30H28N4O2S/c1-20-17-22(21(2)34(20)28-26(18-31)25-15-9-10-16-27(25)37-28)19-32-33-29(35)30(36,23-11-5-3-6-12-23)24-13-7-4-8-14-24/h3-8,11-14,17,19,36H,9-10,15-16H2,1-2H3,(H,33,35)/b32-19-. The number of benzene rings is 2. The molecule has 4 aromatic rings. The van der Waals surface area contributed by atoms with Gasteiger partial charge in [-0.25, -0.2) is 5.43 Å². The summed E-state index contributed by atoms with van der Waals surface area (Å²) in [7, 11) is 0. The van der Waals surface area contributed by atoms with Gasteiger partial charge >= 0.3 is 0 Å². The average Bonchev–Trinajstić information content (AvgIpc) is 3.44. The van der Waals surface area contributed by atoms with Gasteiger partial charge in [0.1, 0.15) is 11.1 Å². The molecule has 0 fully saturated rings. The van der Waals surface area contributed by atoms with E-state index in [1.54, 1.807) is 66.1 Å². The largest absolute Gasteiger partial charge is 0.372 e. The number of fused-ring (bicyclic) bond motifs is 1. The zero-order chi connectivity index (χ0) is 26.0. The van der Waals surface area contributed by atoms with Crippen LogP contribution in [0.4, 0.5) is 0 Å². The molecule has 1 aliphatic carbocycles. The second kappa shape index (κ2) is 10.2. The van der Waals surface area contributed by atoms with Gasteiger partial charge in [0, 0.05) is 21.8 Å². The molecule has 0 bridgehead atoms.